The van der Waals surface area contributed by atoms with Gasteiger partial charge in [-0.05, 0) is 6.42 Å². The van der Waals surface area contributed by atoms with E-state index < -0.39 is 0 Å². The van der Waals surface area contributed by atoms with Crippen molar-refractivity contribution < 1.29 is 4.74 Å². The van der Waals surface area contributed by atoms with Crippen molar-refractivity contribution in [3.05, 3.63) is 0 Å². The molecule has 1 N–H and O–H groups in total. The molecule has 1 aliphatic rings. The molecule has 0 aromatic heterocycles. The Balaban J connectivity index is 2.30. The fourth-order valence-corrected chi connectivity index (χ4v) is 1.67. The molecule has 3 nitrogen and oxygen atoms in total. The van der Waals surface area contributed by atoms with Crippen molar-refractivity contribution in [2.75, 3.05) is 26.8 Å². The van der Waals surface area contributed by atoms with Crippen LogP contribution >= 0.6 is 0 Å². The van der Waals surface area contributed by atoms with Gasteiger partial charge in [-0.1, -0.05) is 6.92 Å². The number of methoxy groups -OCH3 is 1. The highest BCUT2D eigenvalue weighted by atomic mass is 16.5. The van der Waals surface area contributed by atoms with Crippen molar-refractivity contribution in [3.63, 3.8) is 0 Å². The predicted molar refractivity (Wildman–Crippen MR) is 49.6 cm³/mol. The molecule has 1 fully saturated rings. The molecule has 0 aromatic rings. The number of hydrogen-bond acceptors (Lipinski definition) is 2. The van der Waals surface area contributed by atoms with Crippen LogP contribution in [0.2, 0.25) is 0 Å². The highest BCUT2D eigenvalue weighted by molar-refractivity contribution is 5.79. The quantitative estimate of drug-likeness (QED) is 0.512. The van der Waals surface area contributed by atoms with Gasteiger partial charge in [0, 0.05) is 32.5 Å². The van der Waals surface area contributed by atoms with E-state index in [4.69, 9.17) is 10.1 Å². The third kappa shape index (κ3) is 2.21. The fourth-order valence-electron chi connectivity index (χ4n) is 1.67. The van der Waals surface area contributed by atoms with Crippen LogP contribution < -0.4 is 0 Å². The number of ether oxygens (including phenoxy) is 1. The van der Waals surface area contributed by atoms with Crippen LogP contribution in [0.5, 0.6) is 0 Å². The topological polar surface area (TPSA) is 36.3 Å². The van der Waals surface area contributed by atoms with E-state index in [1.54, 1.807) is 7.11 Å². The fraction of sp³-hybridized carbons (Fsp3) is 0.889. The predicted octanol–water partition coefficient (Wildman–Crippen LogP) is 1.34. The number of likely N-dealkylation sites (tertiary alicyclic amines) is 1. The molecule has 0 bridgehead atoms. The molecule has 1 unspecified atom stereocenters. The first-order valence-corrected chi connectivity index (χ1v) is 4.59. The number of nitrogens with zero attached hydrogens (tertiary/aromatic N) is 1. The summed E-state index contributed by atoms with van der Waals surface area (Å²) in [5, 5.41) is 7.64. The minimum atomic E-state index is 0.641. The smallest absolute Gasteiger partial charge is 0.0954 e. The SMILES string of the molecule is CCC(=N)N1CCC(COC)C1. The van der Waals surface area contributed by atoms with E-state index in [1.807, 2.05) is 6.92 Å². The normalized spacial score (nSPS) is 23.2. The van der Waals surface area contributed by atoms with Crippen molar-refractivity contribution in [2.45, 2.75) is 19.8 Å². The van der Waals surface area contributed by atoms with Gasteiger partial charge in [0.25, 0.3) is 0 Å². The van der Waals surface area contributed by atoms with Crippen molar-refractivity contribution in [2.24, 2.45) is 5.92 Å². The van der Waals surface area contributed by atoms with Crippen molar-refractivity contribution in [1.29, 1.82) is 5.41 Å². The highest BCUT2D eigenvalue weighted by Gasteiger charge is 2.22. The summed E-state index contributed by atoms with van der Waals surface area (Å²) in [6.45, 7) is 4.93. The molecule has 0 spiro atoms. The van der Waals surface area contributed by atoms with Gasteiger partial charge in [0.05, 0.1) is 12.4 Å². The number of nitrogens with one attached hydrogen (secondary N) is 1. The minimum Gasteiger partial charge on any atom is -0.384 e. The monoisotopic (exact) mass is 170 g/mol. The van der Waals surface area contributed by atoms with E-state index in [-0.39, 0.29) is 0 Å². The van der Waals surface area contributed by atoms with E-state index in [1.165, 1.54) is 6.42 Å². The Hall–Kier alpha value is -0.570. The Morgan fingerprint density at radius 1 is 1.67 bits per heavy atom. The van der Waals surface area contributed by atoms with Crippen molar-refractivity contribution in [1.82, 2.24) is 4.90 Å². The average molecular weight is 170 g/mol. The molecule has 0 aliphatic carbocycles. The zero-order chi connectivity index (χ0) is 8.97. The van der Waals surface area contributed by atoms with Gasteiger partial charge in [0.15, 0.2) is 0 Å². The second kappa shape index (κ2) is 4.45. The first-order valence-electron chi connectivity index (χ1n) is 4.59. The summed E-state index contributed by atoms with van der Waals surface area (Å²) in [6, 6.07) is 0. The average Bonchev–Trinajstić information content (AvgIpc) is 2.52. The summed E-state index contributed by atoms with van der Waals surface area (Å²) in [7, 11) is 1.74. The Morgan fingerprint density at radius 3 is 3.00 bits per heavy atom. The Kier molecular flexibility index (Phi) is 3.53. The molecule has 1 aliphatic heterocycles. The Morgan fingerprint density at radius 2 is 2.42 bits per heavy atom. The summed E-state index contributed by atoms with van der Waals surface area (Å²) < 4.78 is 5.09. The number of rotatable bonds is 3. The zero-order valence-electron chi connectivity index (χ0n) is 7.97. The molecule has 0 saturated carbocycles. The van der Waals surface area contributed by atoms with E-state index in [0.717, 1.165) is 32.0 Å². The Bertz CT molecular complexity index is 159. The Labute approximate surface area is 74.2 Å². The summed E-state index contributed by atoms with van der Waals surface area (Å²) in [5.41, 5.74) is 0. The molecule has 1 heterocycles. The standard InChI is InChI=1S/C9H18N2O/c1-3-9(10)11-5-4-8(6-11)7-12-2/h8,10H,3-7H2,1-2H3. The zero-order valence-corrected chi connectivity index (χ0v) is 7.97. The molecular weight excluding hydrogens is 152 g/mol. The van der Waals surface area contributed by atoms with Crippen LogP contribution in [0, 0.1) is 11.3 Å². The highest BCUT2D eigenvalue weighted by Crippen LogP contribution is 2.16. The summed E-state index contributed by atoms with van der Waals surface area (Å²) in [5.74, 6) is 1.41. The first-order chi connectivity index (χ1) is 5.77. The van der Waals surface area contributed by atoms with Crippen LogP contribution in [0.3, 0.4) is 0 Å². The van der Waals surface area contributed by atoms with Gasteiger partial charge in [0.2, 0.25) is 0 Å². The number of hydrogen-bond donors (Lipinski definition) is 1. The largest absolute Gasteiger partial charge is 0.384 e. The molecule has 3 heteroatoms. The lowest BCUT2D eigenvalue weighted by Crippen LogP contribution is -2.27. The van der Waals surface area contributed by atoms with E-state index in [0.29, 0.717) is 5.92 Å². The van der Waals surface area contributed by atoms with Crippen LogP contribution in [-0.2, 0) is 4.74 Å². The van der Waals surface area contributed by atoms with Gasteiger partial charge >= 0.3 is 0 Å². The van der Waals surface area contributed by atoms with Crippen LogP contribution in [0.4, 0.5) is 0 Å². The summed E-state index contributed by atoms with van der Waals surface area (Å²) >= 11 is 0. The third-order valence-electron chi connectivity index (χ3n) is 2.40. The summed E-state index contributed by atoms with van der Waals surface area (Å²) in [6.07, 6.45) is 2.02. The lowest BCUT2D eigenvalue weighted by molar-refractivity contribution is 0.157. The van der Waals surface area contributed by atoms with Gasteiger partial charge in [-0.3, -0.25) is 5.41 Å². The molecule has 1 rings (SSSR count). The van der Waals surface area contributed by atoms with Crippen LogP contribution in [0.25, 0.3) is 0 Å². The second-order valence-electron chi connectivity index (χ2n) is 3.36. The lowest BCUT2D eigenvalue weighted by atomic mass is 10.1. The molecule has 0 radical (unpaired) electrons. The molecule has 1 atom stereocenters. The first kappa shape index (κ1) is 9.52. The van der Waals surface area contributed by atoms with Crippen molar-refractivity contribution >= 4 is 5.84 Å². The molecule has 1 saturated heterocycles. The van der Waals surface area contributed by atoms with Crippen LogP contribution in [0.1, 0.15) is 19.8 Å². The van der Waals surface area contributed by atoms with Gasteiger partial charge in [-0.2, -0.15) is 0 Å². The van der Waals surface area contributed by atoms with Crippen LogP contribution in [0.15, 0.2) is 0 Å². The molecule has 70 valence electrons. The summed E-state index contributed by atoms with van der Waals surface area (Å²) in [4.78, 5) is 2.16. The van der Waals surface area contributed by atoms with Gasteiger partial charge in [-0.15, -0.1) is 0 Å². The molecule has 0 aromatic carbocycles. The maximum Gasteiger partial charge on any atom is 0.0954 e. The van der Waals surface area contributed by atoms with E-state index >= 15 is 0 Å². The third-order valence-corrected chi connectivity index (χ3v) is 2.40. The van der Waals surface area contributed by atoms with E-state index in [2.05, 4.69) is 4.90 Å². The molecule has 12 heavy (non-hydrogen) atoms. The van der Waals surface area contributed by atoms with Gasteiger partial charge in [0.1, 0.15) is 0 Å². The van der Waals surface area contributed by atoms with Gasteiger partial charge in [-0.25, -0.2) is 0 Å². The maximum absolute atomic E-state index is 7.64. The van der Waals surface area contributed by atoms with Crippen LogP contribution in [-0.4, -0.2) is 37.5 Å². The van der Waals surface area contributed by atoms with Crippen molar-refractivity contribution in [3.8, 4) is 0 Å². The minimum absolute atomic E-state index is 0.641. The maximum atomic E-state index is 7.64. The number of amidine groups is 1. The lowest BCUT2D eigenvalue weighted by Gasteiger charge is -2.17. The van der Waals surface area contributed by atoms with Gasteiger partial charge < -0.3 is 9.64 Å². The van der Waals surface area contributed by atoms with E-state index in [9.17, 15) is 0 Å². The molecule has 0 amide bonds. The second-order valence-corrected chi connectivity index (χ2v) is 3.36. The molecular formula is C9H18N2O.